The molecular weight excluding hydrogens is 284 g/mol. The predicted molar refractivity (Wildman–Crippen MR) is 89.3 cm³/mol. The second-order valence-electron chi connectivity index (χ2n) is 5.16. The highest BCUT2D eigenvalue weighted by Crippen LogP contribution is 2.35. The number of nitrogens with zero attached hydrogens (tertiary/aromatic N) is 1. The lowest BCUT2D eigenvalue weighted by Gasteiger charge is -2.24. The van der Waals surface area contributed by atoms with Crippen LogP contribution in [0.15, 0.2) is 11.0 Å². The summed E-state index contributed by atoms with van der Waals surface area (Å²) in [7, 11) is 1.81. The van der Waals surface area contributed by atoms with Gasteiger partial charge < -0.3 is 15.7 Å². The first-order valence-electron chi connectivity index (χ1n) is 7.22. The van der Waals surface area contributed by atoms with Gasteiger partial charge in [-0.1, -0.05) is 13.8 Å². The minimum atomic E-state index is 0.0369. The molecule has 0 aliphatic carbocycles. The molecule has 0 aromatic heterocycles. The first kappa shape index (κ1) is 15.8. The number of anilines is 1. The van der Waals surface area contributed by atoms with Crippen molar-refractivity contribution in [3.63, 3.8) is 0 Å². The topological polar surface area (TPSA) is 66.6 Å². The number of nitrogen functional groups attached to an aromatic ring is 1. The van der Waals surface area contributed by atoms with Crippen LogP contribution >= 0.6 is 11.8 Å². The lowest BCUT2D eigenvalue weighted by Crippen LogP contribution is -2.33. The van der Waals surface area contributed by atoms with Crippen molar-refractivity contribution >= 4 is 29.4 Å². The molecule has 1 saturated heterocycles. The summed E-state index contributed by atoms with van der Waals surface area (Å²) in [6.45, 7) is 4.73. The van der Waals surface area contributed by atoms with Gasteiger partial charge in [0.1, 0.15) is 5.75 Å². The highest BCUT2D eigenvalue weighted by molar-refractivity contribution is 8.04. The Bertz CT molecular complexity index is 596. The number of likely N-dealkylation sites (N-methyl/N-ethyl adjacent to an activating group) is 1. The average Bonchev–Trinajstić information content (AvgIpc) is 2.47. The van der Waals surface area contributed by atoms with Gasteiger partial charge in [-0.25, -0.2) is 0 Å². The number of benzene rings is 1. The van der Waals surface area contributed by atoms with Crippen molar-refractivity contribution in [2.75, 3.05) is 25.1 Å². The Morgan fingerprint density at radius 2 is 2.14 bits per heavy atom. The Balaban J connectivity index is 2.51. The molecule has 1 aromatic carbocycles. The Labute approximate surface area is 130 Å². The monoisotopic (exact) mass is 306 g/mol. The molecule has 5 heteroatoms. The molecule has 3 N–H and O–H groups in total. The molecule has 2 rings (SSSR count). The van der Waals surface area contributed by atoms with E-state index in [0.717, 1.165) is 35.4 Å². The van der Waals surface area contributed by atoms with Crippen LogP contribution in [0.4, 0.5) is 5.69 Å². The summed E-state index contributed by atoms with van der Waals surface area (Å²) in [5, 5.41) is 10.2. The summed E-state index contributed by atoms with van der Waals surface area (Å²) in [5.74, 6) is 1.22. The normalized spacial score (nSPS) is 17.6. The van der Waals surface area contributed by atoms with Gasteiger partial charge in [-0.3, -0.25) is 4.79 Å². The van der Waals surface area contributed by atoms with E-state index in [2.05, 4.69) is 0 Å². The molecule has 1 aliphatic rings. The van der Waals surface area contributed by atoms with E-state index in [9.17, 15) is 9.90 Å². The number of carbonyl (C=O) groups is 1. The van der Waals surface area contributed by atoms with Gasteiger partial charge in [-0.15, -0.1) is 11.8 Å². The number of thioether (sulfide) groups is 1. The van der Waals surface area contributed by atoms with E-state index in [0.29, 0.717) is 22.8 Å². The Morgan fingerprint density at radius 3 is 2.76 bits per heavy atom. The highest BCUT2D eigenvalue weighted by atomic mass is 32.2. The third-order valence-electron chi connectivity index (χ3n) is 3.82. The number of phenolic OH excluding ortho intramolecular Hbond substituents is 1. The van der Waals surface area contributed by atoms with E-state index < -0.39 is 0 Å². The van der Waals surface area contributed by atoms with Crippen LogP contribution in [0.25, 0.3) is 6.08 Å². The van der Waals surface area contributed by atoms with Crippen LogP contribution in [-0.2, 0) is 17.6 Å². The number of rotatable bonds is 3. The zero-order valence-corrected chi connectivity index (χ0v) is 13.6. The SMILES string of the molecule is CCc1cc(C=C2SCCN(C)C2=O)c(N)c(CC)c1O. The fourth-order valence-electron chi connectivity index (χ4n) is 2.46. The lowest BCUT2D eigenvalue weighted by molar-refractivity contribution is -0.125. The summed E-state index contributed by atoms with van der Waals surface area (Å²) >= 11 is 1.56. The summed E-state index contributed by atoms with van der Waals surface area (Å²) < 4.78 is 0. The molecule has 1 aromatic rings. The molecule has 0 saturated carbocycles. The van der Waals surface area contributed by atoms with E-state index in [4.69, 9.17) is 5.73 Å². The molecule has 1 fully saturated rings. The first-order chi connectivity index (χ1) is 9.99. The third-order valence-corrected chi connectivity index (χ3v) is 4.81. The minimum absolute atomic E-state index is 0.0369. The predicted octanol–water partition coefficient (Wildman–Crippen LogP) is 2.65. The Kier molecular flexibility index (Phi) is 4.83. The second kappa shape index (κ2) is 6.43. The van der Waals surface area contributed by atoms with Gasteiger partial charge >= 0.3 is 0 Å². The van der Waals surface area contributed by atoms with Gasteiger partial charge in [0.2, 0.25) is 0 Å². The number of nitrogens with two attached hydrogens (primary N) is 1. The summed E-state index contributed by atoms with van der Waals surface area (Å²) in [6.07, 6.45) is 3.26. The standard InChI is InChI=1S/C16H22N2O2S/c1-4-10-8-11(14(17)12(5-2)15(10)19)9-13-16(20)18(3)6-7-21-13/h8-9,19H,4-7,17H2,1-3H3. The molecular formula is C16H22N2O2S. The van der Waals surface area contributed by atoms with Crippen LogP contribution in [0.2, 0.25) is 0 Å². The van der Waals surface area contributed by atoms with E-state index >= 15 is 0 Å². The van der Waals surface area contributed by atoms with E-state index in [-0.39, 0.29) is 5.91 Å². The second-order valence-corrected chi connectivity index (χ2v) is 6.29. The summed E-state index contributed by atoms with van der Waals surface area (Å²) in [6, 6.07) is 1.89. The smallest absolute Gasteiger partial charge is 0.260 e. The van der Waals surface area contributed by atoms with Crippen LogP contribution in [0.5, 0.6) is 5.75 Å². The van der Waals surface area contributed by atoms with Gasteiger partial charge in [0.05, 0.1) is 4.91 Å². The third kappa shape index (κ3) is 3.02. The van der Waals surface area contributed by atoms with Gasteiger partial charge in [0, 0.05) is 30.6 Å². The maximum atomic E-state index is 12.2. The van der Waals surface area contributed by atoms with Crippen LogP contribution in [0.1, 0.15) is 30.5 Å². The molecule has 0 spiro atoms. The summed E-state index contributed by atoms with van der Waals surface area (Å²) in [4.78, 5) is 14.6. The molecule has 0 unspecified atom stereocenters. The average molecular weight is 306 g/mol. The molecule has 0 bridgehead atoms. The van der Waals surface area contributed by atoms with Crippen molar-refractivity contribution in [3.05, 3.63) is 27.7 Å². The molecule has 21 heavy (non-hydrogen) atoms. The van der Waals surface area contributed by atoms with Gasteiger partial charge in [0.15, 0.2) is 0 Å². The number of aromatic hydroxyl groups is 1. The van der Waals surface area contributed by atoms with Crippen molar-refractivity contribution in [3.8, 4) is 5.75 Å². The van der Waals surface area contributed by atoms with Crippen molar-refractivity contribution in [2.45, 2.75) is 26.7 Å². The van der Waals surface area contributed by atoms with Gasteiger partial charge in [-0.2, -0.15) is 0 Å². The van der Waals surface area contributed by atoms with Crippen molar-refractivity contribution in [2.24, 2.45) is 0 Å². The van der Waals surface area contributed by atoms with Crippen molar-refractivity contribution in [1.82, 2.24) is 4.90 Å². The number of hydrogen-bond acceptors (Lipinski definition) is 4. The van der Waals surface area contributed by atoms with Gasteiger partial charge in [0.25, 0.3) is 5.91 Å². The summed E-state index contributed by atoms with van der Waals surface area (Å²) in [5.41, 5.74) is 9.21. The van der Waals surface area contributed by atoms with Crippen LogP contribution < -0.4 is 5.73 Å². The number of carbonyl (C=O) groups excluding carboxylic acids is 1. The highest BCUT2D eigenvalue weighted by Gasteiger charge is 2.21. The first-order valence-corrected chi connectivity index (χ1v) is 8.21. The molecule has 1 aliphatic heterocycles. The zero-order valence-electron chi connectivity index (χ0n) is 12.8. The molecule has 4 nitrogen and oxygen atoms in total. The maximum Gasteiger partial charge on any atom is 0.260 e. The zero-order chi connectivity index (χ0) is 15.6. The Hall–Kier alpha value is -1.62. The fourth-order valence-corrected chi connectivity index (χ4v) is 3.54. The van der Waals surface area contributed by atoms with Crippen molar-refractivity contribution in [1.29, 1.82) is 0 Å². The quantitative estimate of drug-likeness (QED) is 0.665. The molecule has 1 amide bonds. The van der Waals surface area contributed by atoms with E-state index in [1.807, 2.05) is 33.0 Å². The fraction of sp³-hybridized carbons (Fsp3) is 0.438. The molecule has 0 radical (unpaired) electrons. The van der Waals surface area contributed by atoms with Crippen LogP contribution in [0.3, 0.4) is 0 Å². The van der Waals surface area contributed by atoms with Gasteiger partial charge in [-0.05, 0) is 36.1 Å². The number of amides is 1. The lowest BCUT2D eigenvalue weighted by atomic mass is 9.97. The molecule has 1 heterocycles. The largest absolute Gasteiger partial charge is 0.507 e. The van der Waals surface area contributed by atoms with E-state index in [1.165, 1.54) is 0 Å². The molecule has 0 atom stereocenters. The number of aryl methyl sites for hydroxylation is 1. The van der Waals surface area contributed by atoms with Crippen LogP contribution in [0, 0.1) is 0 Å². The Morgan fingerprint density at radius 1 is 1.43 bits per heavy atom. The van der Waals surface area contributed by atoms with E-state index in [1.54, 1.807) is 16.7 Å². The van der Waals surface area contributed by atoms with Crippen LogP contribution in [-0.4, -0.2) is 35.3 Å². The van der Waals surface area contributed by atoms with Crippen molar-refractivity contribution < 1.29 is 9.90 Å². The minimum Gasteiger partial charge on any atom is -0.507 e. The molecule has 114 valence electrons. The maximum absolute atomic E-state index is 12.2. The number of phenols is 1. The number of hydrogen-bond donors (Lipinski definition) is 2.